The molecule has 6 heteroatoms. The second-order valence-corrected chi connectivity index (χ2v) is 3.66. The van der Waals surface area contributed by atoms with E-state index in [1.54, 1.807) is 15.6 Å². The molecule has 0 aliphatic rings. The zero-order chi connectivity index (χ0) is 11.7. The molecule has 0 saturated carbocycles. The molecule has 17 heavy (non-hydrogen) atoms. The van der Waals surface area contributed by atoms with E-state index in [0.717, 1.165) is 11.4 Å². The van der Waals surface area contributed by atoms with Crippen LogP contribution in [0, 0.1) is 0 Å². The first-order chi connectivity index (χ1) is 8.33. The summed E-state index contributed by atoms with van der Waals surface area (Å²) in [5.41, 5.74) is 2.40. The first kappa shape index (κ1) is 9.71. The van der Waals surface area contributed by atoms with Crippen molar-refractivity contribution in [2.45, 2.75) is 0 Å². The number of aryl methyl sites for hydroxylation is 1. The summed E-state index contributed by atoms with van der Waals surface area (Å²) in [6.45, 7) is 0. The molecule has 0 bridgehead atoms. The Kier molecular flexibility index (Phi) is 2.18. The van der Waals surface area contributed by atoms with Gasteiger partial charge in [-0.05, 0) is 12.1 Å². The fourth-order valence-corrected chi connectivity index (χ4v) is 1.55. The summed E-state index contributed by atoms with van der Waals surface area (Å²) in [6, 6.07) is 9.81. The van der Waals surface area contributed by atoms with Crippen molar-refractivity contribution >= 4 is 0 Å². The minimum atomic E-state index is 0.710. The van der Waals surface area contributed by atoms with Crippen LogP contribution in [0.15, 0.2) is 42.7 Å². The van der Waals surface area contributed by atoms with Crippen molar-refractivity contribution in [3.63, 3.8) is 0 Å². The molecule has 0 N–H and O–H groups in total. The highest BCUT2D eigenvalue weighted by Crippen LogP contribution is 2.13. The molecule has 3 aromatic rings. The molecule has 84 valence electrons. The summed E-state index contributed by atoms with van der Waals surface area (Å²) in [6.07, 6.45) is 3.64. The van der Waals surface area contributed by atoms with Crippen LogP contribution in [0.3, 0.4) is 0 Å². The summed E-state index contributed by atoms with van der Waals surface area (Å²) in [5, 5.41) is 16.0. The number of nitrogens with zero attached hydrogens (tertiary/aromatic N) is 6. The van der Waals surface area contributed by atoms with Gasteiger partial charge in [0.05, 0.1) is 18.1 Å². The predicted molar refractivity (Wildman–Crippen MR) is 61.4 cm³/mol. The molecule has 0 atom stereocenters. The third-order valence-electron chi connectivity index (χ3n) is 2.38. The van der Waals surface area contributed by atoms with Gasteiger partial charge >= 0.3 is 0 Å². The van der Waals surface area contributed by atoms with E-state index in [9.17, 15) is 0 Å². The van der Waals surface area contributed by atoms with E-state index in [1.165, 1.54) is 0 Å². The summed E-state index contributed by atoms with van der Waals surface area (Å²) in [5.74, 6) is 0. The van der Waals surface area contributed by atoms with Gasteiger partial charge < -0.3 is 0 Å². The van der Waals surface area contributed by atoms with Gasteiger partial charge in [0.2, 0.25) is 0 Å². The molecule has 6 nitrogen and oxygen atoms in total. The molecule has 0 saturated heterocycles. The number of hydrogen-bond acceptors (Lipinski definition) is 4. The van der Waals surface area contributed by atoms with Crippen LogP contribution in [0.4, 0.5) is 0 Å². The number of para-hydroxylation sites is 1. The minimum Gasteiger partial charge on any atom is -0.255 e. The van der Waals surface area contributed by atoms with Crippen LogP contribution < -0.4 is 0 Å². The van der Waals surface area contributed by atoms with E-state index >= 15 is 0 Å². The molecule has 2 heterocycles. The normalized spacial score (nSPS) is 10.6. The first-order valence-corrected chi connectivity index (χ1v) is 5.17. The lowest BCUT2D eigenvalue weighted by Crippen LogP contribution is -1.93. The third-order valence-corrected chi connectivity index (χ3v) is 2.38. The summed E-state index contributed by atoms with van der Waals surface area (Å²) < 4.78 is 3.35. The van der Waals surface area contributed by atoms with Crippen molar-refractivity contribution in [2.24, 2.45) is 7.05 Å². The van der Waals surface area contributed by atoms with Gasteiger partial charge in [-0.2, -0.15) is 0 Å². The van der Waals surface area contributed by atoms with Gasteiger partial charge in [-0.3, -0.25) is 4.68 Å². The molecule has 1 aromatic carbocycles. The quantitative estimate of drug-likeness (QED) is 0.655. The van der Waals surface area contributed by atoms with Gasteiger partial charge in [0.15, 0.2) is 0 Å². The van der Waals surface area contributed by atoms with Crippen molar-refractivity contribution < 1.29 is 0 Å². The van der Waals surface area contributed by atoms with Crippen LogP contribution in [-0.4, -0.2) is 30.0 Å². The highest BCUT2D eigenvalue weighted by Gasteiger charge is 2.07. The maximum Gasteiger partial charge on any atom is 0.135 e. The minimum absolute atomic E-state index is 0.710. The van der Waals surface area contributed by atoms with Crippen LogP contribution in [0.1, 0.15) is 0 Å². The largest absolute Gasteiger partial charge is 0.255 e. The zero-order valence-corrected chi connectivity index (χ0v) is 9.22. The average Bonchev–Trinajstić information content (AvgIpc) is 2.98. The van der Waals surface area contributed by atoms with E-state index in [-0.39, 0.29) is 0 Å². The van der Waals surface area contributed by atoms with Crippen molar-refractivity contribution in [1.29, 1.82) is 0 Å². The van der Waals surface area contributed by atoms with Crippen molar-refractivity contribution in [3.8, 4) is 17.1 Å². The first-order valence-electron chi connectivity index (χ1n) is 5.17. The van der Waals surface area contributed by atoms with E-state index in [0.29, 0.717) is 5.69 Å². The Hall–Kier alpha value is -2.50. The number of aromatic nitrogens is 6. The molecule has 0 amide bonds. The monoisotopic (exact) mass is 226 g/mol. The summed E-state index contributed by atoms with van der Waals surface area (Å²) >= 11 is 0. The molecule has 2 aromatic heterocycles. The summed E-state index contributed by atoms with van der Waals surface area (Å²) in [4.78, 5) is 0. The lowest BCUT2D eigenvalue weighted by atomic mass is 10.3. The van der Waals surface area contributed by atoms with Gasteiger partial charge in [0, 0.05) is 7.05 Å². The second kappa shape index (κ2) is 3.82. The molecular formula is C11H10N6. The van der Waals surface area contributed by atoms with Crippen LogP contribution in [0.2, 0.25) is 0 Å². The second-order valence-electron chi connectivity index (χ2n) is 3.66. The molecule has 0 unspecified atom stereocenters. The van der Waals surface area contributed by atoms with Crippen LogP contribution in [-0.2, 0) is 7.05 Å². The van der Waals surface area contributed by atoms with Crippen LogP contribution in [0.25, 0.3) is 17.1 Å². The fraction of sp³-hybridized carbons (Fsp3) is 0.0909. The Morgan fingerprint density at radius 2 is 1.59 bits per heavy atom. The highest BCUT2D eigenvalue weighted by atomic mass is 15.4. The van der Waals surface area contributed by atoms with E-state index in [2.05, 4.69) is 20.6 Å². The maximum atomic E-state index is 4.07. The Morgan fingerprint density at radius 3 is 2.29 bits per heavy atom. The van der Waals surface area contributed by atoms with Gasteiger partial charge in [-0.25, -0.2) is 4.68 Å². The zero-order valence-electron chi connectivity index (χ0n) is 9.22. The summed E-state index contributed by atoms with van der Waals surface area (Å²) in [7, 11) is 1.82. The van der Waals surface area contributed by atoms with Crippen molar-refractivity contribution in [3.05, 3.63) is 42.7 Å². The van der Waals surface area contributed by atoms with Crippen LogP contribution in [0.5, 0.6) is 0 Å². The highest BCUT2D eigenvalue weighted by molar-refractivity contribution is 5.50. The standard InChI is InChI=1S/C11H10N6/c1-16-7-10(12-14-16)11-8-17(15-13-11)9-5-3-2-4-6-9/h2-8H,1H3. The third kappa shape index (κ3) is 1.80. The predicted octanol–water partition coefficient (Wildman–Crippen LogP) is 1.06. The number of hydrogen-bond donors (Lipinski definition) is 0. The Morgan fingerprint density at radius 1 is 0.882 bits per heavy atom. The Bertz CT molecular complexity index is 624. The molecule has 3 rings (SSSR count). The Labute approximate surface area is 97.5 Å². The van der Waals surface area contributed by atoms with E-state index in [4.69, 9.17) is 0 Å². The van der Waals surface area contributed by atoms with Crippen LogP contribution >= 0.6 is 0 Å². The topological polar surface area (TPSA) is 61.4 Å². The van der Waals surface area contributed by atoms with Gasteiger partial charge in [-0.15, -0.1) is 10.2 Å². The smallest absolute Gasteiger partial charge is 0.135 e. The molecule has 0 radical (unpaired) electrons. The average molecular weight is 226 g/mol. The molecule has 0 fully saturated rings. The molecule has 0 spiro atoms. The van der Waals surface area contributed by atoms with E-state index in [1.807, 2.05) is 43.6 Å². The number of benzene rings is 1. The van der Waals surface area contributed by atoms with Crippen molar-refractivity contribution in [2.75, 3.05) is 0 Å². The lowest BCUT2D eigenvalue weighted by Gasteiger charge is -1.96. The van der Waals surface area contributed by atoms with E-state index < -0.39 is 0 Å². The SMILES string of the molecule is Cn1cc(-c2cn(-c3ccccc3)nn2)nn1. The fourth-order valence-electron chi connectivity index (χ4n) is 1.55. The van der Waals surface area contributed by atoms with Gasteiger partial charge in [0.25, 0.3) is 0 Å². The molecule has 0 aliphatic carbocycles. The molecular weight excluding hydrogens is 216 g/mol. The van der Waals surface area contributed by atoms with Gasteiger partial charge in [0.1, 0.15) is 11.4 Å². The van der Waals surface area contributed by atoms with Gasteiger partial charge in [-0.1, -0.05) is 28.6 Å². The Balaban J connectivity index is 1.99. The maximum absolute atomic E-state index is 4.07. The molecule has 0 aliphatic heterocycles. The lowest BCUT2D eigenvalue weighted by molar-refractivity contribution is 0.715. The van der Waals surface area contributed by atoms with Crippen molar-refractivity contribution in [1.82, 2.24) is 30.0 Å². The number of rotatable bonds is 2.